The zero-order valence-electron chi connectivity index (χ0n) is 9.01. The molecule has 0 aliphatic carbocycles. The van der Waals surface area contributed by atoms with Crippen LogP contribution in [0.4, 0.5) is 0 Å². The Labute approximate surface area is 101 Å². The molecule has 0 aromatic carbocycles. The Kier molecular flexibility index (Phi) is 2.09. The summed E-state index contributed by atoms with van der Waals surface area (Å²) in [5, 5.41) is 5.20. The number of aromatic nitrogens is 2. The molecule has 2 N–H and O–H groups in total. The summed E-state index contributed by atoms with van der Waals surface area (Å²) in [6.45, 7) is 0.252. The standard InChI is InChI=1S/C10H7N5O3/c16-8-5(3-11-4-14-8)15-9(17)6-7(10(15)18)13-2-1-12-6/h1-3,11H,4H2,(H,14,16). The van der Waals surface area contributed by atoms with Crippen molar-refractivity contribution in [2.45, 2.75) is 0 Å². The lowest BCUT2D eigenvalue weighted by Gasteiger charge is -2.20. The third-order valence-corrected chi connectivity index (χ3v) is 2.57. The number of nitrogens with one attached hydrogen (secondary N) is 2. The number of nitrogens with zero attached hydrogens (tertiary/aromatic N) is 3. The zero-order valence-corrected chi connectivity index (χ0v) is 9.01. The van der Waals surface area contributed by atoms with Gasteiger partial charge in [0.15, 0.2) is 11.4 Å². The van der Waals surface area contributed by atoms with Crippen LogP contribution in [0.2, 0.25) is 0 Å². The summed E-state index contributed by atoms with van der Waals surface area (Å²) >= 11 is 0. The average molecular weight is 245 g/mol. The van der Waals surface area contributed by atoms with Gasteiger partial charge in [-0.15, -0.1) is 0 Å². The lowest BCUT2D eigenvalue weighted by Crippen LogP contribution is -2.45. The van der Waals surface area contributed by atoms with Gasteiger partial charge in [-0.2, -0.15) is 0 Å². The van der Waals surface area contributed by atoms with E-state index in [1.165, 1.54) is 18.6 Å². The van der Waals surface area contributed by atoms with Gasteiger partial charge in [-0.1, -0.05) is 0 Å². The quantitative estimate of drug-likeness (QED) is 0.589. The normalized spacial score (nSPS) is 18.1. The molecule has 3 amide bonds. The number of hydrogen-bond acceptors (Lipinski definition) is 6. The smallest absolute Gasteiger partial charge is 0.286 e. The molecule has 3 rings (SSSR count). The Hall–Kier alpha value is -2.77. The lowest BCUT2D eigenvalue weighted by molar-refractivity contribution is -0.119. The average Bonchev–Trinajstić information content (AvgIpc) is 2.64. The molecule has 0 saturated heterocycles. The summed E-state index contributed by atoms with van der Waals surface area (Å²) in [4.78, 5) is 44.0. The molecule has 1 aromatic rings. The SMILES string of the molecule is O=C1NCNC=C1N1C(=O)c2nccnc2C1=O. The van der Waals surface area contributed by atoms with Gasteiger partial charge < -0.3 is 10.6 Å². The summed E-state index contributed by atoms with van der Waals surface area (Å²) < 4.78 is 0. The maximum Gasteiger partial charge on any atom is 0.286 e. The van der Waals surface area contributed by atoms with Crippen LogP contribution in [0.1, 0.15) is 21.0 Å². The Morgan fingerprint density at radius 2 is 1.67 bits per heavy atom. The van der Waals surface area contributed by atoms with E-state index in [-0.39, 0.29) is 23.8 Å². The third kappa shape index (κ3) is 1.29. The van der Waals surface area contributed by atoms with Gasteiger partial charge in [0.1, 0.15) is 5.70 Å². The minimum atomic E-state index is -0.645. The van der Waals surface area contributed by atoms with E-state index in [4.69, 9.17) is 0 Å². The first-order chi connectivity index (χ1) is 8.70. The van der Waals surface area contributed by atoms with Crippen molar-refractivity contribution in [3.8, 4) is 0 Å². The summed E-state index contributed by atoms with van der Waals surface area (Å²) in [5.41, 5.74) is -0.139. The lowest BCUT2D eigenvalue weighted by atomic mass is 10.3. The summed E-state index contributed by atoms with van der Waals surface area (Å²) in [5.74, 6) is -1.79. The molecule has 2 aliphatic heterocycles. The molecule has 1 aromatic heterocycles. The van der Waals surface area contributed by atoms with Gasteiger partial charge in [-0.3, -0.25) is 14.4 Å². The monoisotopic (exact) mass is 245 g/mol. The fraction of sp³-hybridized carbons (Fsp3) is 0.100. The van der Waals surface area contributed by atoms with E-state index in [1.807, 2.05) is 0 Å². The highest BCUT2D eigenvalue weighted by atomic mass is 16.2. The molecule has 8 nitrogen and oxygen atoms in total. The van der Waals surface area contributed by atoms with E-state index < -0.39 is 17.7 Å². The molecule has 2 aliphatic rings. The van der Waals surface area contributed by atoms with Crippen LogP contribution in [0, 0.1) is 0 Å². The number of carbonyl (C=O) groups is 3. The first kappa shape index (κ1) is 10.4. The number of amides is 3. The van der Waals surface area contributed by atoms with Crippen LogP contribution in [0.3, 0.4) is 0 Å². The molecule has 90 valence electrons. The number of carbonyl (C=O) groups excluding carboxylic acids is 3. The van der Waals surface area contributed by atoms with Crippen molar-refractivity contribution in [1.82, 2.24) is 25.5 Å². The zero-order chi connectivity index (χ0) is 12.7. The molecule has 0 bridgehead atoms. The largest absolute Gasteiger partial charge is 0.372 e. The molecule has 0 unspecified atom stereocenters. The van der Waals surface area contributed by atoms with Crippen molar-refractivity contribution in [2.24, 2.45) is 0 Å². The van der Waals surface area contributed by atoms with Crippen molar-refractivity contribution in [3.63, 3.8) is 0 Å². The van der Waals surface area contributed by atoms with Crippen molar-refractivity contribution >= 4 is 17.7 Å². The predicted molar refractivity (Wildman–Crippen MR) is 56.8 cm³/mol. The first-order valence-electron chi connectivity index (χ1n) is 5.11. The van der Waals surface area contributed by atoms with Crippen LogP contribution >= 0.6 is 0 Å². The van der Waals surface area contributed by atoms with E-state index in [1.54, 1.807) is 0 Å². The molecular formula is C10H7N5O3. The molecular weight excluding hydrogens is 238 g/mol. The number of hydrogen-bond donors (Lipinski definition) is 2. The topological polar surface area (TPSA) is 104 Å². The molecule has 0 spiro atoms. The highest BCUT2D eigenvalue weighted by molar-refractivity contribution is 6.23. The van der Waals surface area contributed by atoms with Crippen LogP contribution in [0.25, 0.3) is 0 Å². The van der Waals surface area contributed by atoms with Gasteiger partial charge in [0, 0.05) is 18.6 Å². The Balaban J connectivity index is 2.07. The van der Waals surface area contributed by atoms with Crippen LogP contribution < -0.4 is 10.6 Å². The molecule has 18 heavy (non-hydrogen) atoms. The van der Waals surface area contributed by atoms with Crippen LogP contribution in [-0.4, -0.2) is 39.3 Å². The Bertz CT molecular complexity index is 574. The maximum absolute atomic E-state index is 12.0. The van der Waals surface area contributed by atoms with Crippen molar-refractivity contribution in [1.29, 1.82) is 0 Å². The van der Waals surface area contributed by atoms with Crippen LogP contribution in [0.5, 0.6) is 0 Å². The second kappa shape index (κ2) is 3.62. The minimum absolute atomic E-state index is 0.0400. The Morgan fingerprint density at radius 3 is 2.22 bits per heavy atom. The van der Waals surface area contributed by atoms with Gasteiger partial charge >= 0.3 is 0 Å². The first-order valence-corrected chi connectivity index (χ1v) is 5.11. The van der Waals surface area contributed by atoms with Gasteiger partial charge in [0.25, 0.3) is 17.7 Å². The molecule has 0 saturated carbocycles. The van der Waals surface area contributed by atoms with Crippen molar-refractivity contribution < 1.29 is 14.4 Å². The van der Waals surface area contributed by atoms with E-state index in [0.717, 1.165) is 4.90 Å². The van der Waals surface area contributed by atoms with Gasteiger partial charge in [-0.25, -0.2) is 14.9 Å². The maximum atomic E-state index is 12.0. The van der Waals surface area contributed by atoms with Gasteiger partial charge in [0.05, 0.1) is 6.67 Å². The Morgan fingerprint density at radius 1 is 1.06 bits per heavy atom. The van der Waals surface area contributed by atoms with E-state index >= 15 is 0 Å². The van der Waals surface area contributed by atoms with Crippen LogP contribution in [0.15, 0.2) is 24.3 Å². The fourth-order valence-electron chi connectivity index (χ4n) is 1.78. The van der Waals surface area contributed by atoms with E-state index in [9.17, 15) is 14.4 Å². The van der Waals surface area contributed by atoms with Crippen molar-refractivity contribution in [2.75, 3.05) is 6.67 Å². The fourth-order valence-corrected chi connectivity index (χ4v) is 1.78. The number of fused-ring (bicyclic) bond motifs is 1. The van der Waals surface area contributed by atoms with Gasteiger partial charge in [0.2, 0.25) is 0 Å². The molecule has 0 radical (unpaired) electrons. The van der Waals surface area contributed by atoms with Gasteiger partial charge in [-0.05, 0) is 0 Å². The van der Waals surface area contributed by atoms with E-state index in [2.05, 4.69) is 20.6 Å². The molecule has 8 heteroatoms. The van der Waals surface area contributed by atoms with Crippen LogP contribution in [-0.2, 0) is 4.79 Å². The van der Waals surface area contributed by atoms with Crippen molar-refractivity contribution in [3.05, 3.63) is 35.7 Å². The minimum Gasteiger partial charge on any atom is -0.372 e. The summed E-state index contributed by atoms with van der Waals surface area (Å²) in [6, 6.07) is 0. The van der Waals surface area contributed by atoms with E-state index in [0.29, 0.717) is 0 Å². The highest BCUT2D eigenvalue weighted by Gasteiger charge is 2.42. The second-order valence-electron chi connectivity index (χ2n) is 3.62. The third-order valence-electron chi connectivity index (χ3n) is 2.57. The summed E-state index contributed by atoms with van der Waals surface area (Å²) in [6.07, 6.45) is 3.96. The number of imide groups is 1. The second-order valence-corrected chi connectivity index (χ2v) is 3.62. The molecule has 0 atom stereocenters. The highest BCUT2D eigenvalue weighted by Crippen LogP contribution is 2.22. The predicted octanol–water partition coefficient (Wildman–Crippen LogP) is -1.41. The summed E-state index contributed by atoms with van der Waals surface area (Å²) in [7, 11) is 0. The molecule has 3 heterocycles. The number of rotatable bonds is 1. The molecule has 0 fully saturated rings.